The molecule has 1 saturated heterocycles. The largest absolute Gasteiger partial charge is 0.505 e. The molecule has 0 spiro atoms. The highest BCUT2D eigenvalue weighted by Crippen LogP contribution is 2.35. The average Bonchev–Trinajstić information content (AvgIpc) is 2.25. The Morgan fingerprint density at radius 1 is 1.38 bits per heavy atom. The number of rotatable bonds is 1. The number of benzene rings is 1. The molecule has 1 aromatic rings. The Labute approximate surface area is 102 Å². The summed E-state index contributed by atoms with van der Waals surface area (Å²) >= 11 is 11.6. The lowest BCUT2D eigenvalue weighted by Crippen LogP contribution is -2.35. The van der Waals surface area contributed by atoms with Crippen molar-refractivity contribution in [3.05, 3.63) is 27.7 Å². The van der Waals surface area contributed by atoms with E-state index in [-0.39, 0.29) is 21.8 Å². The van der Waals surface area contributed by atoms with Crippen molar-refractivity contribution in [3.8, 4) is 5.75 Å². The van der Waals surface area contributed by atoms with E-state index in [2.05, 4.69) is 5.32 Å². The highest BCUT2D eigenvalue weighted by molar-refractivity contribution is 6.37. The number of hydrogen-bond acceptors (Lipinski definition) is 3. The Bertz CT molecular complexity index is 413. The zero-order chi connectivity index (χ0) is 11.7. The molecule has 1 aromatic carbocycles. The fourth-order valence-electron chi connectivity index (χ4n) is 1.56. The standard InChI is InChI=1S/C10H9Cl2NO3/c11-6-3-5(4-7(12)9(6)14)8-1-2-16-10(15)13-8/h3-4,8,14H,1-2H2,(H,13,15)/t8-/m0/s1. The van der Waals surface area contributed by atoms with Gasteiger partial charge >= 0.3 is 6.09 Å². The molecule has 0 aromatic heterocycles. The van der Waals surface area contributed by atoms with Crippen molar-refractivity contribution in [1.29, 1.82) is 0 Å². The molecule has 1 aliphatic heterocycles. The number of carbonyl (C=O) groups excluding carboxylic acids is 1. The number of halogens is 2. The molecule has 86 valence electrons. The van der Waals surface area contributed by atoms with Crippen LogP contribution in [0.3, 0.4) is 0 Å². The molecule has 0 aliphatic carbocycles. The molecule has 0 bridgehead atoms. The monoisotopic (exact) mass is 261 g/mol. The second-order valence-electron chi connectivity index (χ2n) is 3.45. The lowest BCUT2D eigenvalue weighted by molar-refractivity contribution is 0.115. The summed E-state index contributed by atoms with van der Waals surface area (Å²) in [6.07, 6.45) is 0.181. The summed E-state index contributed by atoms with van der Waals surface area (Å²) in [7, 11) is 0. The minimum atomic E-state index is -0.462. The second-order valence-corrected chi connectivity index (χ2v) is 4.27. The number of phenolic OH excluding ortho intramolecular Hbond substituents is 1. The third-order valence-electron chi connectivity index (χ3n) is 2.37. The molecule has 4 nitrogen and oxygen atoms in total. The lowest BCUT2D eigenvalue weighted by Gasteiger charge is -2.24. The molecule has 0 unspecified atom stereocenters. The normalized spacial score (nSPS) is 20.1. The van der Waals surface area contributed by atoms with Crippen LogP contribution in [0.4, 0.5) is 4.79 Å². The first kappa shape index (κ1) is 11.4. The van der Waals surface area contributed by atoms with Gasteiger partial charge in [0.15, 0.2) is 5.75 Å². The van der Waals surface area contributed by atoms with Crippen LogP contribution in [0, 0.1) is 0 Å². The first-order valence-corrected chi connectivity index (χ1v) is 5.44. The Morgan fingerprint density at radius 2 is 2.00 bits per heavy atom. The maximum absolute atomic E-state index is 11.0. The Balaban J connectivity index is 2.30. The number of aromatic hydroxyl groups is 1. The van der Waals surface area contributed by atoms with Crippen LogP contribution in [0.5, 0.6) is 5.75 Å². The van der Waals surface area contributed by atoms with Crippen molar-refractivity contribution >= 4 is 29.3 Å². The number of hydrogen-bond donors (Lipinski definition) is 2. The molecule has 1 atom stereocenters. The Morgan fingerprint density at radius 3 is 2.56 bits per heavy atom. The van der Waals surface area contributed by atoms with Gasteiger partial charge in [0.05, 0.1) is 22.7 Å². The number of cyclic esters (lactones) is 1. The molecule has 1 aliphatic rings. The van der Waals surface area contributed by atoms with Crippen LogP contribution < -0.4 is 5.32 Å². The third kappa shape index (κ3) is 2.18. The topological polar surface area (TPSA) is 58.6 Å². The molecular weight excluding hydrogens is 253 g/mol. The summed E-state index contributed by atoms with van der Waals surface area (Å²) in [5.74, 6) is -0.148. The summed E-state index contributed by atoms with van der Waals surface area (Å²) in [4.78, 5) is 11.0. The van der Waals surface area contributed by atoms with E-state index in [1.807, 2.05) is 0 Å². The molecule has 1 heterocycles. The summed E-state index contributed by atoms with van der Waals surface area (Å²) in [6, 6.07) is 2.98. The van der Waals surface area contributed by atoms with E-state index in [4.69, 9.17) is 27.9 Å². The van der Waals surface area contributed by atoms with Crippen molar-refractivity contribution in [1.82, 2.24) is 5.32 Å². The van der Waals surface area contributed by atoms with Gasteiger partial charge < -0.3 is 15.2 Å². The van der Waals surface area contributed by atoms with Crippen molar-refractivity contribution in [2.75, 3.05) is 6.61 Å². The van der Waals surface area contributed by atoms with Crippen LogP contribution in [0.2, 0.25) is 10.0 Å². The molecular formula is C10H9Cl2NO3. The van der Waals surface area contributed by atoms with Crippen molar-refractivity contribution in [2.24, 2.45) is 0 Å². The molecule has 1 amide bonds. The first-order valence-electron chi connectivity index (χ1n) is 4.69. The van der Waals surface area contributed by atoms with E-state index < -0.39 is 6.09 Å². The number of alkyl carbamates (subject to hydrolysis) is 1. The maximum atomic E-state index is 11.0. The van der Waals surface area contributed by atoms with Gasteiger partial charge in [-0.1, -0.05) is 23.2 Å². The summed E-state index contributed by atoms with van der Waals surface area (Å²) in [5.41, 5.74) is 0.754. The minimum Gasteiger partial charge on any atom is -0.505 e. The van der Waals surface area contributed by atoms with E-state index in [1.54, 1.807) is 12.1 Å². The second kappa shape index (κ2) is 4.39. The number of ether oxygens (including phenoxy) is 1. The molecule has 1 fully saturated rings. The average molecular weight is 262 g/mol. The first-order chi connectivity index (χ1) is 7.58. The SMILES string of the molecule is O=C1N[C@H](c2cc(Cl)c(O)c(Cl)c2)CCO1. The van der Waals surface area contributed by atoms with E-state index in [1.165, 1.54) is 0 Å². The van der Waals surface area contributed by atoms with Crippen LogP contribution in [0.25, 0.3) is 0 Å². The van der Waals surface area contributed by atoms with E-state index in [9.17, 15) is 9.90 Å². The van der Waals surface area contributed by atoms with Crippen LogP contribution in [0.1, 0.15) is 18.0 Å². The van der Waals surface area contributed by atoms with Gasteiger partial charge in [0.1, 0.15) is 0 Å². The number of amides is 1. The van der Waals surface area contributed by atoms with Gasteiger partial charge in [-0.2, -0.15) is 0 Å². The highest BCUT2D eigenvalue weighted by atomic mass is 35.5. The molecule has 6 heteroatoms. The Kier molecular flexibility index (Phi) is 3.12. The van der Waals surface area contributed by atoms with E-state index in [0.717, 1.165) is 5.56 Å². The molecule has 0 saturated carbocycles. The zero-order valence-electron chi connectivity index (χ0n) is 8.17. The summed E-state index contributed by atoms with van der Waals surface area (Å²) in [5, 5.41) is 12.4. The highest BCUT2D eigenvalue weighted by Gasteiger charge is 2.22. The lowest BCUT2D eigenvalue weighted by atomic mass is 10.0. The van der Waals surface area contributed by atoms with Gasteiger partial charge in [-0.05, 0) is 17.7 Å². The molecule has 2 rings (SSSR count). The van der Waals surface area contributed by atoms with Gasteiger partial charge in [0.25, 0.3) is 0 Å². The third-order valence-corrected chi connectivity index (χ3v) is 2.95. The van der Waals surface area contributed by atoms with Crippen molar-refractivity contribution < 1.29 is 14.6 Å². The predicted octanol–water partition coefficient (Wildman–Crippen LogP) is 2.87. The maximum Gasteiger partial charge on any atom is 0.407 e. The van der Waals surface area contributed by atoms with Gasteiger partial charge in [0, 0.05) is 6.42 Å². The molecule has 0 radical (unpaired) electrons. The van der Waals surface area contributed by atoms with Crippen molar-refractivity contribution in [3.63, 3.8) is 0 Å². The van der Waals surface area contributed by atoms with Crippen LogP contribution in [-0.2, 0) is 4.74 Å². The number of phenols is 1. The van der Waals surface area contributed by atoms with Gasteiger partial charge in [-0.3, -0.25) is 0 Å². The van der Waals surface area contributed by atoms with Crippen LogP contribution in [-0.4, -0.2) is 17.8 Å². The van der Waals surface area contributed by atoms with Crippen molar-refractivity contribution in [2.45, 2.75) is 12.5 Å². The van der Waals surface area contributed by atoms with Gasteiger partial charge in [-0.25, -0.2) is 4.79 Å². The number of carbonyl (C=O) groups is 1. The van der Waals surface area contributed by atoms with E-state index in [0.29, 0.717) is 13.0 Å². The fourth-order valence-corrected chi connectivity index (χ4v) is 2.07. The van der Waals surface area contributed by atoms with Crippen LogP contribution >= 0.6 is 23.2 Å². The fraction of sp³-hybridized carbons (Fsp3) is 0.300. The number of nitrogens with one attached hydrogen (secondary N) is 1. The Hall–Kier alpha value is -1.13. The summed E-state index contributed by atoms with van der Waals surface area (Å²) in [6.45, 7) is 0.354. The van der Waals surface area contributed by atoms with Crippen LogP contribution in [0.15, 0.2) is 12.1 Å². The minimum absolute atomic E-state index is 0.148. The van der Waals surface area contributed by atoms with Gasteiger partial charge in [0.2, 0.25) is 0 Å². The molecule has 2 N–H and O–H groups in total. The zero-order valence-corrected chi connectivity index (χ0v) is 9.68. The summed E-state index contributed by atoms with van der Waals surface area (Å²) < 4.78 is 4.75. The quantitative estimate of drug-likeness (QED) is 0.818. The smallest absolute Gasteiger partial charge is 0.407 e. The predicted molar refractivity (Wildman–Crippen MR) is 60.0 cm³/mol. The van der Waals surface area contributed by atoms with E-state index >= 15 is 0 Å². The molecule has 16 heavy (non-hydrogen) atoms. The van der Waals surface area contributed by atoms with Gasteiger partial charge in [-0.15, -0.1) is 0 Å².